The third kappa shape index (κ3) is 3.45. The summed E-state index contributed by atoms with van der Waals surface area (Å²) in [7, 11) is -3.66. The van der Waals surface area contributed by atoms with Gasteiger partial charge in [-0.2, -0.15) is 0 Å². The maximum absolute atomic E-state index is 11.3. The van der Waals surface area contributed by atoms with Crippen LogP contribution in [0.15, 0.2) is 41.3 Å². The molecular weight excluding hydrogens is 262 g/mol. The zero-order chi connectivity index (χ0) is 14.0. The highest BCUT2D eigenvalue weighted by Gasteiger charge is 2.08. The van der Waals surface area contributed by atoms with Crippen LogP contribution in [0.4, 0.5) is 0 Å². The van der Waals surface area contributed by atoms with Gasteiger partial charge in [-0.1, -0.05) is 26.0 Å². The first-order valence-corrected chi connectivity index (χ1v) is 7.60. The van der Waals surface area contributed by atoms with Gasteiger partial charge >= 0.3 is 0 Å². The van der Waals surface area contributed by atoms with Gasteiger partial charge in [0.2, 0.25) is 10.0 Å². The molecule has 2 rings (SSSR count). The SMILES string of the molecule is CC(C)COc1ccc2cc(S(N)(=O)=O)ccc2c1. The second-order valence-corrected chi connectivity index (χ2v) is 6.48. The highest BCUT2D eigenvalue weighted by Crippen LogP contribution is 2.23. The molecule has 0 aliphatic rings. The van der Waals surface area contributed by atoms with Crippen molar-refractivity contribution in [3.05, 3.63) is 36.4 Å². The number of primary sulfonamides is 1. The first kappa shape index (κ1) is 13.8. The third-order valence-corrected chi connectivity index (χ3v) is 3.61. The molecule has 0 atom stereocenters. The van der Waals surface area contributed by atoms with Gasteiger partial charge in [0, 0.05) is 0 Å². The summed E-state index contributed by atoms with van der Waals surface area (Å²) in [6.07, 6.45) is 0. The Labute approximate surface area is 113 Å². The monoisotopic (exact) mass is 279 g/mol. The molecule has 0 spiro atoms. The lowest BCUT2D eigenvalue weighted by molar-refractivity contribution is 0.271. The van der Waals surface area contributed by atoms with Crippen molar-refractivity contribution in [2.45, 2.75) is 18.7 Å². The van der Waals surface area contributed by atoms with Gasteiger partial charge in [0.1, 0.15) is 5.75 Å². The Morgan fingerprint density at radius 1 is 1.11 bits per heavy atom. The van der Waals surface area contributed by atoms with Crippen molar-refractivity contribution in [1.82, 2.24) is 0 Å². The second-order valence-electron chi connectivity index (χ2n) is 4.92. The lowest BCUT2D eigenvalue weighted by Gasteiger charge is -2.09. The number of fused-ring (bicyclic) bond motifs is 1. The van der Waals surface area contributed by atoms with E-state index in [9.17, 15) is 8.42 Å². The topological polar surface area (TPSA) is 69.4 Å². The van der Waals surface area contributed by atoms with Crippen molar-refractivity contribution in [3.8, 4) is 5.75 Å². The Balaban J connectivity index is 2.35. The smallest absolute Gasteiger partial charge is 0.238 e. The lowest BCUT2D eigenvalue weighted by Crippen LogP contribution is -2.11. The summed E-state index contributed by atoms with van der Waals surface area (Å²) in [6.45, 7) is 4.82. The molecule has 0 unspecified atom stereocenters. The number of hydrogen-bond donors (Lipinski definition) is 1. The van der Waals surface area contributed by atoms with Gasteiger partial charge in [0.25, 0.3) is 0 Å². The molecule has 0 saturated heterocycles. The van der Waals surface area contributed by atoms with Crippen LogP contribution in [0.1, 0.15) is 13.8 Å². The zero-order valence-electron chi connectivity index (χ0n) is 11.0. The van der Waals surface area contributed by atoms with Crippen LogP contribution in [-0.4, -0.2) is 15.0 Å². The molecule has 5 heteroatoms. The van der Waals surface area contributed by atoms with E-state index in [0.717, 1.165) is 16.5 Å². The first-order chi connectivity index (χ1) is 8.86. The van der Waals surface area contributed by atoms with E-state index in [-0.39, 0.29) is 4.90 Å². The van der Waals surface area contributed by atoms with Gasteiger partial charge in [0.05, 0.1) is 11.5 Å². The quantitative estimate of drug-likeness (QED) is 0.935. The molecule has 0 aromatic heterocycles. The summed E-state index contributed by atoms with van der Waals surface area (Å²) in [5, 5.41) is 6.85. The minimum absolute atomic E-state index is 0.121. The normalized spacial score (nSPS) is 12.0. The van der Waals surface area contributed by atoms with Crippen molar-refractivity contribution < 1.29 is 13.2 Å². The molecule has 0 aliphatic heterocycles. The molecule has 2 N–H and O–H groups in total. The van der Waals surface area contributed by atoms with E-state index in [4.69, 9.17) is 9.88 Å². The van der Waals surface area contributed by atoms with E-state index in [0.29, 0.717) is 12.5 Å². The molecule has 4 nitrogen and oxygen atoms in total. The highest BCUT2D eigenvalue weighted by atomic mass is 32.2. The summed E-state index contributed by atoms with van der Waals surface area (Å²) < 4.78 is 28.2. The fourth-order valence-electron chi connectivity index (χ4n) is 1.73. The number of benzene rings is 2. The van der Waals surface area contributed by atoms with E-state index in [1.807, 2.05) is 18.2 Å². The Morgan fingerprint density at radius 3 is 2.37 bits per heavy atom. The van der Waals surface area contributed by atoms with E-state index < -0.39 is 10.0 Å². The van der Waals surface area contributed by atoms with Crippen LogP contribution in [-0.2, 0) is 10.0 Å². The predicted octanol–water partition coefficient (Wildman–Crippen LogP) is 2.52. The minimum Gasteiger partial charge on any atom is -0.493 e. The maximum Gasteiger partial charge on any atom is 0.238 e. The number of nitrogens with two attached hydrogens (primary N) is 1. The fourth-order valence-corrected chi connectivity index (χ4v) is 2.28. The largest absolute Gasteiger partial charge is 0.493 e. The molecule has 0 heterocycles. The van der Waals surface area contributed by atoms with Crippen LogP contribution >= 0.6 is 0 Å². The molecule has 0 saturated carbocycles. The second kappa shape index (κ2) is 5.19. The first-order valence-electron chi connectivity index (χ1n) is 6.05. The Kier molecular flexibility index (Phi) is 3.78. The zero-order valence-corrected chi connectivity index (χ0v) is 11.8. The number of hydrogen-bond acceptors (Lipinski definition) is 3. The Hall–Kier alpha value is -1.59. The van der Waals surface area contributed by atoms with E-state index in [2.05, 4.69) is 13.8 Å². The maximum atomic E-state index is 11.3. The molecule has 2 aromatic rings. The van der Waals surface area contributed by atoms with E-state index in [1.54, 1.807) is 12.1 Å². The van der Waals surface area contributed by atoms with Gasteiger partial charge in [-0.3, -0.25) is 0 Å². The molecule has 0 fully saturated rings. The number of sulfonamides is 1. The minimum atomic E-state index is -3.66. The van der Waals surface area contributed by atoms with Crippen LogP contribution in [0.5, 0.6) is 5.75 Å². The van der Waals surface area contributed by atoms with Crippen molar-refractivity contribution in [2.24, 2.45) is 11.1 Å². The van der Waals surface area contributed by atoms with E-state index >= 15 is 0 Å². The molecule has 2 aromatic carbocycles. The summed E-state index contributed by atoms with van der Waals surface area (Å²) in [5.74, 6) is 1.24. The summed E-state index contributed by atoms with van der Waals surface area (Å²) in [6, 6.07) is 10.4. The molecule has 0 amide bonds. The van der Waals surface area contributed by atoms with Gasteiger partial charge in [-0.15, -0.1) is 0 Å². The van der Waals surface area contributed by atoms with Gasteiger partial charge in [-0.05, 0) is 41.0 Å². The molecule has 19 heavy (non-hydrogen) atoms. The van der Waals surface area contributed by atoms with Gasteiger partial charge < -0.3 is 4.74 Å². The molecule has 102 valence electrons. The van der Waals surface area contributed by atoms with Crippen LogP contribution in [0.25, 0.3) is 10.8 Å². The van der Waals surface area contributed by atoms with Crippen molar-refractivity contribution in [3.63, 3.8) is 0 Å². The van der Waals surface area contributed by atoms with Gasteiger partial charge in [0.15, 0.2) is 0 Å². The van der Waals surface area contributed by atoms with Crippen LogP contribution in [0, 0.1) is 5.92 Å². The number of ether oxygens (including phenoxy) is 1. The highest BCUT2D eigenvalue weighted by molar-refractivity contribution is 7.89. The third-order valence-electron chi connectivity index (χ3n) is 2.70. The average Bonchev–Trinajstić information content (AvgIpc) is 2.34. The molecule has 0 bridgehead atoms. The fraction of sp³-hybridized carbons (Fsp3) is 0.286. The average molecular weight is 279 g/mol. The van der Waals surface area contributed by atoms with Crippen LogP contribution in [0.2, 0.25) is 0 Å². The number of rotatable bonds is 4. The van der Waals surface area contributed by atoms with Crippen molar-refractivity contribution in [2.75, 3.05) is 6.61 Å². The van der Waals surface area contributed by atoms with Crippen LogP contribution in [0.3, 0.4) is 0 Å². The predicted molar refractivity (Wildman–Crippen MR) is 75.7 cm³/mol. The summed E-state index contributed by atoms with van der Waals surface area (Å²) in [5.41, 5.74) is 0. The Bertz CT molecular complexity index is 693. The summed E-state index contributed by atoms with van der Waals surface area (Å²) >= 11 is 0. The Morgan fingerprint density at radius 2 is 1.74 bits per heavy atom. The lowest BCUT2D eigenvalue weighted by atomic mass is 10.1. The summed E-state index contributed by atoms with van der Waals surface area (Å²) in [4.78, 5) is 0.121. The molecular formula is C14H17NO3S. The molecule has 0 radical (unpaired) electrons. The van der Waals surface area contributed by atoms with E-state index in [1.165, 1.54) is 6.07 Å². The van der Waals surface area contributed by atoms with Crippen LogP contribution < -0.4 is 9.88 Å². The van der Waals surface area contributed by atoms with Crippen molar-refractivity contribution >= 4 is 20.8 Å². The standard InChI is InChI=1S/C14H17NO3S/c1-10(2)9-18-13-5-3-12-8-14(19(15,16)17)6-4-11(12)7-13/h3-8,10H,9H2,1-2H3,(H2,15,16,17). The molecule has 0 aliphatic carbocycles. The van der Waals surface area contributed by atoms with Gasteiger partial charge in [-0.25, -0.2) is 13.6 Å². The van der Waals surface area contributed by atoms with Crippen molar-refractivity contribution in [1.29, 1.82) is 0 Å².